The second kappa shape index (κ2) is 5.17. The van der Waals surface area contributed by atoms with E-state index in [-0.39, 0.29) is 0 Å². The van der Waals surface area contributed by atoms with E-state index in [9.17, 15) is 26.3 Å². The maximum atomic E-state index is 12.3. The lowest BCUT2D eigenvalue weighted by atomic mass is 10.4. The van der Waals surface area contributed by atoms with E-state index >= 15 is 0 Å². The van der Waals surface area contributed by atoms with Crippen molar-refractivity contribution in [3.8, 4) is 5.88 Å². The maximum absolute atomic E-state index is 12.3. The van der Waals surface area contributed by atoms with E-state index in [1.54, 1.807) is 0 Å². The van der Waals surface area contributed by atoms with Gasteiger partial charge in [0.05, 0.1) is 13.0 Å². The predicted octanol–water partition coefficient (Wildman–Crippen LogP) is 3.48. The van der Waals surface area contributed by atoms with Gasteiger partial charge in [-0.3, -0.25) is 0 Å². The van der Waals surface area contributed by atoms with Crippen LogP contribution in [-0.4, -0.2) is 22.8 Å². The van der Waals surface area contributed by atoms with Crippen LogP contribution in [0.4, 0.5) is 26.3 Å². The van der Waals surface area contributed by atoms with Crippen LogP contribution in [0.2, 0.25) is 5.28 Å². The molecule has 0 amide bonds. The Hall–Kier alpha value is -1.25. The highest BCUT2D eigenvalue weighted by atomic mass is 35.5. The van der Waals surface area contributed by atoms with Gasteiger partial charge in [0.15, 0.2) is 5.69 Å². The standard InChI is InChI=1S/C8H5ClF6N2O/c9-6-16-4(8(13,14)15)3-5(17-6)18-2-1-7(10,11)12/h3H,1-2H2. The van der Waals surface area contributed by atoms with E-state index in [1.807, 2.05) is 0 Å². The van der Waals surface area contributed by atoms with Crippen molar-refractivity contribution in [1.82, 2.24) is 9.97 Å². The molecule has 102 valence electrons. The molecule has 0 fully saturated rings. The zero-order valence-corrected chi connectivity index (χ0v) is 9.20. The number of aromatic nitrogens is 2. The van der Waals surface area contributed by atoms with Gasteiger partial charge in [0.2, 0.25) is 11.2 Å². The molecule has 0 saturated heterocycles. The van der Waals surface area contributed by atoms with E-state index in [0.29, 0.717) is 6.07 Å². The molecule has 0 spiro atoms. The van der Waals surface area contributed by atoms with Crippen LogP contribution < -0.4 is 4.74 Å². The van der Waals surface area contributed by atoms with Gasteiger partial charge in [0.25, 0.3) is 0 Å². The molecule has 0 bridgehead atoms. The molecule has 1 heterocycles. The number of halogens is 7. The normalized spacial score (nSPS) is 12.6. The smallest absolute Gasteiger partial charge is 0.433 e. The van der Waals surface area contributed by atoms with Gasteiger partial charge in [-0.2, -0.15) is 31.3 Å². The van der Waals surface area contributed by atoms with Gasteiger partial charge in [0, 0.05) is 6.07 Å². The summed E-state index contributed by atoms with van der Waals surface area (Å²) in [6.07, 6.45) is -10.6. The molecule has 18 heavy (non-hydrogen) atoms. The van der Waals surface area contributed by atoms with E-state index in [1.165, 1.54) is 0 Å². The first-order valence-electron chi connectivity index (χ1n) is 4.39. The van der Waals surface area contributed by atoms with Crippen LogP contribution in [0, 0.1) is 0 Å². The van der Waals surface area contributed by atoms with Crippen molar-refractivity contribution in [3.63, 3.8) is 0 Å². The molecule has 0 N–H and O–H groups in total. The highest BCUT2D eigenvalue weighted by molar-refractivity contribution is 6.28. The third kappa shape index (κ3) is 4.94. The first-order chi connectivity index (χ1) is 8.08. The summed E-state index contributed by atoms with van der Waals surface area (Å²) in [6, 6.07) is 0.377. The second-order valence-corrected chi connectivity index (χ2v) is 3.41. The summed E-state index contributed by atoms with van der Waals surface area (Å²) in [5, 5.41) is -0.758. The lowest BCUT2D eigenvalue weighted by Crippen LogP contribution is -2.14. The summed E-state index contributed by atoms with van der Waals surface area (Å²) in [5.74, 6) is -0.661. The molecule has 1 rings (SSSR count). The molecule has 1 aromatic heterocycles. The fraction of sp³-hybridized carbons (Fsp3) is 0.500. The van der Waals surface area contributed by atoms with E-state index in [2.05, 4.69) is 14.7 Å². The van der Waals surface area contributed by atoms with Crippen molar-refractivity contribution in [2.75, 3.05) is 6.61 Å². The molecule has 10 heteroatoms. The van der Waals surface area contributed by atoms with Crippen LogP contribution in [-0.2, 0) is 6.18 Å². The van der Waals surface area contributed by atoms with Gasteiger partial charge < -0.3 is 4.74 Å². The Kier molecular flexibility index (Phi) is 4.25. The third-order valence-corrected chi connectivity index (χ3v) is 1.77. The molecule has 0 aliphatic carbocycles. The number of rotatable bonds is 3. The van der Waals surface area contributed by atoms with Gasteiger partial charge in [-0.1, -0.05) is 0 Å². The van der Waals surface area contributed by atoms with Gasteiger partial charge in [-0.15, -0.1) is 0 Å². The Bertz CT molecular complexity index is 419. The Morgan fingerprint density at radius 2 is 1.72 bits per heavy atom. The molecule has 0 radical (unpaired) electrons. The zero-order valence-electron chi connectivity index (χ0n) is 8.44. The largest absolute Gasteiger partial charge is 0.477 e. The molecule has 3 nitrogen and oxygen atoms in total. The van der Waals surface area contributed by atoms with E-state index < -0.39 is 42.2 Å². The molecule has 0 unspecified atom stereocenters. The molecule has 1 aromatic rings. The minimum Gasteiger partial charge on any atom is -0.477 e. The van der Waals surface area contributed by atoms with E-state index in [0.717, 1.165) is 0 Å². The Morgan fingerprint density at radius 1 is 1.11 bits per heavy atom. The molecular weight excluding hydrogens is 290 g/mol. The molecular formula is C8H5ClF6N2O. The SMILES string of the molecule is FC(F)(F)CCOc1cc(C(F)(F)F)nc(Cl)n1. The molecule has 0 saturated carbocycles. The van der Waals surface area contributed by atoms with E-state index in [4.69, 9.17) is 11.6 Å². The number of nitrogens with zero attached hydrogens (tertiary/aromatic N) is 2. The lowest BCUT2D eigenvalue weighted by molar-refractivity contribution is -0.143. The average Bonchev–Trinajstić information content (AvgIpc) is 2.13. The topological polar surface area (TPSA) is 35.0 Å². The van der Waals surface area contributed by atoms with Crippen molar-refractivity contribution < 1.29 is 31.1 Å². The predicted molar refractivity (Wildman–Crippen MR) is 48.2 cm³/mol. The fourth-order valence-electron chi connectivity index (χ4n) is 0.887. The lowest BCUT2D eigenvalue weighted by Gasteiger charge is -2.10. The summed E-state index contributed by atoms with van der Waals surface area (Å²) in [6.45, 7) is -0.853. The molecule has 0 atom stereocenters. The maximum Gasteiger partial charge on any atom is 0.433 e. The second-order valence-electron chi connectivity index (χ2n) is 3.07. The van der Waals surface area contributed by atoms with Gasteiger partial charge in [0.1, 0.15) is 0 Å². The summed E-state index contributed by atoms with van der Waals surface area (Å²) in [7, 11) is 0. The number of hydrogen-bond acceptors (Lipinski definition) is 3. The number of hydrogen-bond donors (Lipinski definition) is 0. The van der Waals surface area contributed by atoms with Crippen molar-refractivity contribution in [2.24, 2.45) is 0 Å². The summed E-state index contributed by atoms with van der Waals surface area (Å²) in [4.78, 5) is 6.12. The summed E-state index contributed by atoms with van der Waals surface area (Å²) >= 11 is 5.20. The van der Waals surface area contributed by atoms with Gasteiger partial charge in [-0.25, -0.2) is 4.98 Å². The van der Waals surface area contributed by atoms with Gasteiger partial charge >= 0.3 is 12.4 Å². The Balaban J connectivity index is 2.75. The Labute approximate surface area is 102 Å². The van der Waals surface area contributed by atoms with Crippen LogP contribution in [0.1, 0.15) is 12.1 Å². The first-order valence-corrected chi connectivity index (χ1v) is 4.77. The zero-order chi connectivity index (χ0) is 14.0. The van der Waals surface area contributed by atoms with Crippen LogP contribution in [0.3, 0.4) is 0 Å². The average molecular weight is 295 g/mol. The van der Waals surface area contributed by atoms with Crippen molar-refractivity contribution in [3.05, 3.63) is 17.0 Å². The van der Waals surface area contributed by atoms with Crippen molar-refractivity contribution in [1.29, 1.82) is 0 Å². The Morgan fingerprint density at radius 3 is 2.22 bits per heavy atom. The van der Waals surface area contributed by atoms with Crippen molar-refractivity contribution in [2.45, 2.75) is 18.8 Å². The monoisotopic (exact) mass is 294 g/mol. The molecule has 0 aliphatic heterocycles. The molecule has 0 aliphatic rings. The molecule has 0 aromatic carbocycles. The minimum absolute atomic E-state index is 0.377. The van der Waals surface area contributed by atoms with Gasteiger partial charge in [-0.05, 0) is 11.6 Å². The van der Waals surface area contributed by atoms with Crippen LogP contribution in [0.25, 0.3) is 0 Å². The van der Waals surface area contributed by atoms with Crippen molar-refractivity contribution >= 4 is 11.6 Å². The minimum atomic E-state index is -4.78. The van der Waals surface area contributed by atoms with Crippen LogP contribution in [0.5, 0.6) is 5.88 Å². The first kappa shape index (κ1) is 14.8. The number of ether oxygens (including phenoxy) is 1. The van der Waals surface area contributed by atoms with Crippen LogP contribution >= 0.6 is 11.6 Å². The summed E-state index contributed by atoms with van der Waals surface area (Å²) in [5.41, 5.74) is -1.38. The van der Waals surface area contributed by atoms with Crippen LogP contribution in [0.15, 0.2) is 6.07 Å². The highest BCUT2D eigenvalue weighted by Crippen LogP contribution is 2.30. The fourth-order valence-corrected chi connectivity index (χ4v) is 1.06. The third-order valence-electron chi connectivity index (χ3n) is 1.60. The summed E-state index contributed by atoms with van der Waals surface area (Å²) < 4.78 is 76.6. The quantitative estimate of drug-likeness (QED) is 0.632. The number of alkyl halides is 6. The highest BCUT2D eigenvalue weighted by Gasteiger charge is 2.34.